The SMILES string of the molecule is CCOC(=O)Cc1[nH]nc2c1[C@]1(C(=O)Nc3ccc([N+](=O)[O-])cc31)C(C#N)=C(N)O2. The fraction of sp³-hybridized carbons (Fsp3) is 0.222. The lowest BCUT2D eigenvalue weighted by molar-refractivity contribution is -0.384. The van der Waals surface area contributed by atoms with Crippen molar-refractivity contribution in [1.82, 2.24) is 10.2 Å². The van der Waals surface area contributed by atoms with Gasteiger partial charge >= 0.3 is 5.97 Å². The number of rotatable bonds is 4. The minimum absolute atomic E-state index is 0.0815. The van der Waals surface area contributed by atoms with Crippen molar-refractivity contribution in [2.75, 3.05) is 11.9 Å². The Labute approximate surface area is 168 Å². The van der Waals surface area contributed by atoms with Crippen LogP contribution in [0.4, 0.5) is 11.4 Å². The van der Waals surface area contributed by atoms with E-state index in [2.05, 4.69) is 15.5 Å². The minimum Gasteiger partial charge on any atom is -0.466 e. The zero-order chi connectivity index (χ0) is 21.6. The van der Waals surface area contributed by atoms with Gasteiger partial charge in [-0.15, -0.1) is 5.10 Å². The summed E-state index contributed by atoms with van der Waals surface area (Å²) in [7, 11) is 0. The van der Waals surface area contributed by atoms with Gasteiger partial charge in [-0.25, -0.2) is 0 Å². The number of carbonyl (C=O) groups excluding carboxylic acids is 2. The van der Waals surface area contributed by atoms with E-state index in [1.165, 1.54) is 18.2 Å². The molecule has 0 bridgehead atoms. The van der Waals surface area contributed by atoms with Gasteiger partial charge in [-0.2, -0.15) is 5.26 Å². The molecule has 3 heterocycles. The van der Waals surface area contributed by atoms with Crippen molar-refractivity contribution >= 4 is 23.3 Å². The Morgan fingerprint density at radius 3 is 2.93 bits per heavy atom. The second kappa shape index (κ2) is 6.59. The highest BCUT2D eigenvalue weighted by Crippen LogP contribution is 2.54. The maximum Gasteiger partial charge on any atom is 0.311 e. The Morgan fingerprint density at radius 2 is 2.27 bits per heavy atom. The van der Waals surface area contributed by atoms with Crippen molar-refractivity contribution in [1.29, 1.82) is 5.26 Å². The molecule has 2 aromatic rings. The number of aromatic nitrogens is 2. The number of hydrogen-bond donors (Lipinski definition) is 3. The molecule has 1 spiro atoms. The Morgan fingerprint density at radius 1 is 1.50 bits per heavy atom. The highest BCUT2D eigenvalue weighted by atomic mass is 16.6. The predicted molar refractivity (Wildman–Crippen MR) is 98.9 cm³/mol. The first-order chi connectivity index (χ1) is 14.3. The number of nitrogens with two attached hydrogens (primary N) is 1. The molecule has 2 aliphatic rings. The van der Waals surface area contributed by atoms with Crippen molar-refractivity contribution in [3.8, 4) is 11.9 Å². The number of benzene rings is 1. The Balaban J connectivity index is 2.03. The van der Waals surface area contributed by atoms with Crippen molar-refractivity contribution in [2.24, 2.45) is 5.73 Å². The molecule has 1 amide bonds. The van der Waals surface area contributed by atoms with Crippen LogP contribution >= 0.6 is 0 Å². The molecule has 1 atom stereocenters. The van der Waals surface area contributed by atoms with Crippen LogP contribution in [0.25, 0.3) is 0 Å². The van der Waals surface area contributed by atoms with E-state index in [1.54, 1.807) is 6.92 Å². The average molecular weight is 410 g/mol. The number of aromatic amines is 1. The van der Waals surface area contributed by atoms with E-state index in [1.807, 2.05) is 6.07 Å². The van der Waals surface area contributed by atoms with Crippen LogP contribution in [0.5, 0.6) is 5.88 Å². The normalized spacial score (nSPS) is 18.9. The van der Waals surface area contributed by atoms with E-state index in [-0.39, 0.29) is 58.6 Å². The van der Waals surface area contributed by atoms with E-state index in [0.717, 1.165) is 0 Å². The van der Waals surface area contributed by atoms with Crippen molar-refractivity contribution < 1.29 is 24.0 Å². The summed E-state index contributed by atoms with van der Waals surface area (Å²) in [6.07, 6.45) is -0.294. The zero-order valence-corrected chi connectivity index (χ0v) is 15.5. The lowest BCUT2D eigenvalue weighted by Crippen LogP contribution is -2.43. The fourth-order valence-electron chi connectivity index (χ4n) is 3.81. The van der Waals surface area contributed by atoms with Crippen LogP contribution in [-0.4, -0.2) is 33.6 Å². The molecule has 2 aliphatic heterocycles. The van der Waals surface area contributed by atoms with E-state index in [0.29, 0.717) is 0 Å². The third-order valence-corrected chi connectivity index (χ3v) is 4.96. The number of carbonyl (C=O) groups is 2. The summed E-state index contributed by atoms with van der Waals surface area (Å²) < 4.78 is 10.4. The summed E-state index contributed by atoms with van der Waals surface area (Å²) in [6.45, 7) is 1.78. The molecule has 4 rings (SSSR count). The summed E-state index contributed by atoms with van der Waals surface area (Å²) in [4.78, 5) is 36.1. The number of anilines is 1. The maximum absolute atomic E-state index is 13.3. The quantitative estimate of drug-likeness (QED) is 0.371. The van der Waals surface area contributed by atoms with E-state index in [9.17, 15) is 25.0 Å². The number of H-pyrrole nitrogens is 1. The molecule has 0 aliphatic carbocycles. The smallest absolute Gasteiger partial charge is 0.311 e. The first-order valence-corrected chi connectivity index (χ1v) is 8.76. The monoisotopic (exact) mass is 410 g/mol. The van der Waals surface area contributed by atoms with Crippen LogP contribution in [0.15, 0.2) is 29.7 Å². The average Bonchev–Trinajstić information content (AvgIpc) is 3.21. The van der Waals surface area contributed by atoms with E-state index in [4.69, 9.17) is 15.2 Å². The van der Waals surface area contributed by atoms with Gasteiger partial charge in [0.15, 0.2) is 0 Å². The number of esters is 1. The lowest BCUT2D eigenvalue weighted by Gasteiger charge is -2.31. The topological polar surface area (TPSA) is 186 Å². The second-order valence-corrected chi connectivity index (χ2v) is 6.51. The van der Waals surface area contributed by atoms with E-state index < -0.39 is 22.2 Å². The number of nitrogens with one attached hydrogen (secondary N) is 2. The largest absolute Gasteiger partial charge is 0.466 e. The first-order valence-electron chi connectivity index (χ1n) is 8.76. The number of ether oxygens (including phenoxy) is 2. The van der Waals surface area contributed by atoms with Crippen molar-refractivity contribution in [2.45, 2.75) is 18.8 Å². The Hall–Kier alpha value is -4.40. The van der Waals surface area contributed by atoms with Crippen LogP contribution < -0.4 is 15.8 Å². The number of fused-ring (bicyclic) bond motifs is 4. The van der Waals surface area contributed by atoms with Gasteiger partial charge in [0.05, 0.1) is 29.2 Å². The summed E-state index contributed by atoms with van der Waals surface area (Å²) in [6, 6.07) is 5.67. The Kier molecular flexibility index (Phi) is 4.16. The number of amides is 1. The molecule has 0 unspecified atom stereocenters. The third kappa shape index (κ3) is 2.42. The number of nitriles is 1. The van der Waals surface area contributed by atoms with Crippen molar-refractivity contribution in [3.05, 3.63) is 56.6 Å². The standard InChI is InChI=1S/C18H14N6O6/c1-2-29-13(25)6-12-14-16(23-22-12)30-15(20)10(7-19)18(14)9-5-8(24(27)28)3-4-11(9)21-17(18)26/h3-5H,2,6,20H2,1H3,(H,21,26)(H,22,23)/t18-/m1/s1. The molecule has 0 fully saturated rings. The maximum atomic E-state index is 13.3. The number of nitrogens with zero attached hydrogens (tertiary/aromatic N) is 3. The van der Waals surface area contributed by atoms with Gasteiger partial charge in [0.1, 0.15) is 17.1 Å². The van der Waals surface area contributed by atoms with Crippen LogP contribution in [0.3, 0.4) is 0 Å². The van der Waals surface area contributed by atoms with Gasteiger partial charge in [0, 0.05) is 23.4 Å². The zero-order valence-electron chi connectivity index (χ0n) is 15.5. The van der Waals surface area contributed by atoms with E-state index >= 15 is 0 Å². The molecule has 1 aromatic carbocycles. The first kappa shape index (κ1) is 18.9. The minimum atomic E-state index is -1.87. The van der Waals surface area contributed by atoms with Crippen LogP contribution in [0.1, 0.15) is 23.7 Å². The molecule has 152 valence electrons. The second-order valence-electron chi connectivity index (χ2n) is 6.51. The highest BCUT2D eigenvalue weighted by molar-refractivity contribution is 6.13. The predicted octanol–water partition coefficient (Wildman–Crippen LogP) is 0.748. The number of non-ortho nitro benzene ring substituents is 1. The molecule has 1 aromatic heterocycles. The van der Waals surface area contributed by atoms with Gasteiger partial charge in [0.2, 0.25) is 17.7 Å². The van der Waals surface area contributed by atoms with Crippen LogP contribution in [-0.2, 0) is 26.2 Å². The highest BCUT2D eigenvalue weighted by Gasteiger charge is 2.59. The molecule has 12 heteroatoms. The van der Waals surface area contributed by atoms with Gasteiger partial charge in [-0.05, 0) is 13.0 Å². The molecule has 4 N–H and O–H groups in total. The summed E-state index contributed by atoms with van der Waals surface area (Å²) in [5.74, 6) is -1.75. The molecule has 30 heavy (non-hydrogen) atoms. The molecule has 0 saturated heterocycles. The summed E-state index contributed by atoms with van der Waals surface area (Å²) in [5, 5.41) is 30.4. The number of nitro benzene ring substituents is 1. The fourth-order valence-corrected chi connectivity index (χ4v) is 3.81. The van der Waals surface area contributed by atoms with Crippen molar-refractivity contribution in [3.63, 3.8) is 0 Å². The van der Waals surface area contributed by atoms with Gasteiger partial charge in [0.25, 0.3) is 5.69 Å². The van der Waals surface area contributed by atoms with Gasteiger partial charge < -0.3 is 20.5 Å². The number of nitro groups is 1. The summed E-state index contributed by atoms with van der Waals surface area (Å²) in [5.41, 5.74) is 4.13. The van der Waals surface area contributed by atoms with Crippen LogP contribution in [0.2, 0.25) is 0 Å². The molecule has 0 saturated carbocycles. The Bertz CT molecular complexity index is 1190. The molecule has 12 nitrogen and oxygen atoms in total. The van der Waals surface area contributed by atoms with Crippen LogP contribution in [0, 0.1) is 21.4 Å². The number of hydrogen-bond acceptors (Lipinski definition) is 9. The molecule has 0 radical (unpaired) electrons. The summed E-state index contributed by atoms with van der Waals surface area (Å²) >= 11 is 0. The van der Waals surface area contributed by atoms with Gasteiger partial charge in [-0.3, -0.25) is 24.8 Å². The molecular formula is C18H14N6O6. The van der Waals surface area contributed by atoms with Gasteiger partial charge in [-0.1, -0.05) is 0 Å². The third-order valence-electron chi connectivity index (χ3n) is 4.96. The lowest BCUT2D eigenvalue weighted by atomic mass is 9.68. The molecular weight excluding hydrogens is 396 g/mol.